The van der Waals surface area contributed by atoms with Gasteiger partial charge in [-0.2, -0.15) is 0 Å². The first-order valence-electron chi connectivity index (χ1n) is 11.6. The van der Waals surface area contributed by atoms with Crippen LogP contribution in [0.3, 0.4) is 0 Å². The first-order chi connectivity index (χ1) is 16.0. The Labute approximate surface area is 196 Å². The highest BCUT2D eigenvalue weighted by Crippen LogP contribution is 2.66. The molecule has 8 heteroatoms. The van der Waals surface area contributed by atoms with Gasteiger partial charge in [-0.3, -0.25) is 14.4 Å². The van der Waals surface area contributed by atoms with Crippen LogP contribution in [0.2, 0.25) is 0 Å². The fourth-order valence-corrected chi connectivity index (χ4v) is 8.13. The number of aliphatic hydroxyl groups excluding tert-OH is 1. The summed E-state index contributed by atoms with van der Waals surface area (Å²) in [6.07, 6.45) is 1.87. The Morgan fingerprint density at radius 1 is 1.24 bits per heavy atom. The number of ether oxygens (including phenoxy) is 1. The highest BCUT2D eigenvalue weighted by molar-refractivity contribution is 8.02. The van der Waals surface area contributed by atoms with Crippen molar-refractivity contribution in [3.8, 4) is 0 Å². The maximum absolute atomic E-state index is 13.7. The number of amides is 2. The molecule has 0 radical (unpaired) electrons. The maximum atomic E-state index is 13.7. The van der Waals surface area contributed by atoms with Gasteiger partial charge in [0.1, 0.15) is 6.04 Å². The summed E-state index contributed by atoms with van der Waals surface area (Å²) >= 11 is 1.62. The summed E-state index contributed by atoms with van der Waals surface area (Å²) in [4.78, 5) is 41.7. The smallest absolute Gasteiger partial charge is 0.310 e. The molecule has 2 aromatic carbocycles. The molecule has 2 amide bonds. The van der Waals surface area contributed by atoms with Crippen molar-refractivity contribution in [2.75, 3.05) is 25.1 Å². The molecule has 33 heavy (non-hydrogen) atoms. The third-order valence-electron chi connectivity index (χ3n) is 7.18. The number of hydrogen-bond donors (Lipinski definition) is 2. The Morgan fingerprint density at radius 3 is 2.79 bits per heavy atom. The minimum Gasteiger partial charge on any atom is -0.466 e. The number of anilines is 1. The minimum atomic E-state index is -0.692. The van der Waals surface area contributed by atoms with Gasteiger partial charge in [-0.05, 0) is 49.1 Å². The molecule has 5 rings (SSSR count). The van der Waals surface area contributed by atoms with Crippen LogP contribution in [0.15, 0.2) is 42.5 Å². The molecular formula is C25H28N2O5S. The van der Waals surface area contributed by atoms with Crippen LogP contribution < -0.4 is 5.32 Å². The number of hydrogen-bond acceptors (Lipinski definition) is 6. The minimum absolute atomic E-state index is 0.00559. The van der Waals surface area contributed by atoms with E-state index in [1.165, 1.54) is 0 Å². The average molecular weight is 469 g/mol. The zero-order valence-electron chi connectivity index (χ0n) is 18.5. The van der Waals surface area contributed by atoms with E-state index in [9.17, 15) is 19.5 Å². The number of nitrogens with one attached hydrogen (secondary N) is 1. The van der Waals surface area contributed by atoms with Crippen LogP contribution in [-0.2, 0) is 19.1 Å². The second kappa shape index (κ2) is 8.65. The molecule has 0 saturated carbocycles. The number of fused-ring (bicyclic) bond motifs is 2. The molecule has 2 N–H and O–H groups in total. The van der Waals surface area contributed by atoms with Crippen molar-refractivity contribution in [1.29, 1.82) is 0 Å². The average Bonchev–Trinajstić information content (AvgIpc) is 3.45. The van der Waals surface area contributed by atoms with Gasteiger partial charge in [0.2, 0.25) is 11.8 Å². The molecule has 3 aliphatic heterocycles. The Kier molecular flexibility index (Phi) is 5.82. The third kappa shape index (κ3) is 3.51. The van der Waals surface area contributed by atoms with Gasteiger partial charge in [0, 0.05) is 24.1 Å². The topological polar surface area (TPSA) is 95.9 Å². The monoisotopic (exact) mass is 468 g/mol. The Balaban J connectivity index is 1.48. The lowest BCUT2D eigenvalue weighted by Crippen LogP contribution is -2.51. The number of aliphatic hydroxyl groups is 1. The molecule has 3 saturated heterocycles. The molecule has 1 spiro atoms. The SMILES string of the molecule is CCOC(=O)[C@@H]1[C@@H]2CCC3(S2)C(C(=O)Nc2ccc4ccccc4c2)N(CCCO)C(=O)[C@H]13. The lowest BCUT2D eigenvalue weighted by Gasteiger charge is -2.34. The summed E-state index contributed by atoms with van der Waals surface area (Å²) in [7, 11) is 0. The maximum Gasteiger partial charge on any atom is 0.310 e. The van der Waals surface area contributed by atoms with Gasteiger partial charge in [-0.25, -0.2) is 0 Å². The van der Waals surface area contributed by atoms with E-state index in [4.69, 9.17) is 4.74 Å². The van der Waals surface area contributed by atoms with Crippen LogP contribution in [0.4, 0.5) is 5.69 Å². The van der Waals surface area contributed by atoms with E-state index in [-0.39, 0.29) is 42.8 Å². The van der Waals surface area contributed by atoms with E-state index in [0.717, 1.165) is 17.2 Å². The van der Waals surface area contributed by atoms with E-state index in [0.29, 0.717) is 18.5 Å². The number of esters is 1. The van der Waals surface area contributed by atoms with Crippen LogP contribution in [-0.4, -0.2) is 63.6 Å². The van der Waals surface area contributed by atoms with Crippen LogP contribution in [0.25, 0.3) is 10.8 Å². The normalized spacial score (nSPS) is 30.0. The van der Waals surface area contributed by atoms with Crippen molar-refractivity contribution >= 4 is 46.0 Å². The predicted molar refractivity (Wildman–Crippen MR) is 127 cm³/mol. The zero-order chi connectivity index (χ0) is 23.2. The molecule has 3 heterocycles. The number of thioether (sulfide) groups is 1. The van der Waals surface area contributed by atoms with Crippen molar-refractivity contribution in [3.63, 3.8) is 0 Å². The second-order valence-electron chi connectivity index (χ2n) is 8.97. The van der Waals surface area contributed by atoms with Gasteiger partial charge < -0.3 is 20.1 Å². The van der Waals surface area contributed by atoms with Gasteiger partial charge in [0.05, 0.1) is 23.2 Å². The summed E-state index contributed by atoms with van der Waals surface area (Å²) in [6, 6.07) is 13.0. The number of carbonyl (C=O) groups is 3. The van der Waals surface area contributed by atoms with E-state index < -0.39 is 22.6 Å². The summed E-state index contributed by atoms with van der Waals surface area (Å²) in [6.45, 7) is 2.24. The number of rotatable bonds is 7. The zero-order valence-corrected chi connectivity index (χ0v) is 19.3. The molecule has 0 aromatic heterocycles. The quantitative estimate of drug-likeness (QED) is 0.607. The van der Waals surface area contributed by atoms with Gasteiger partial charge >= 0.3 is 5.97 Å². The van der Waals surface area contributed by atoms with Crippen LogP contribution >= 0.6 is 11.8 Å². The van der Waals surface area contributed by atoms with Gasteiger partial charge in [-0.15, -0.1) is 11.8 Å². The molecule has 2 bridgehead atoms. The van der Waals surface area contributed by atoms with E-state index >= 15 is 0 Å². The van der Waals surface area contributed by atoms with E-state index in [1.807, 2.05) is 42.5 Å². The summed E-state index contributed by atoms with van der Waals surface area (Å²) in [5.41, 5.74) is 0.674. The molecule has 174 valence electrons. The van der Waals surface area contributed by atoms with Crippen molar-refractivity contribution in [3.05, 3.63) is 42.5 Å². The first kappa shape index (κ1) is 22.2. The molecule has 2 unspecified atom stereocenters. The van der Waals surface area contributed by atoms with Crippen LogP contribution in [0.5, 0.6) is 0 Å². The number of likely N-dealkylation sites (tertiary alicyclic amines) is 1. The number of carbonyl (C=O) groups excluding carboxylic acids is 3. The fraction of sp³-hybridized carbons (Fsp3) is 0.480. The lowest BCUT2D eigenvalue weighted by atomic mass is 9.71. The van der Waals surface area contributed by atoms with E-state index in [2.05, 4.69) is 5.32 Å². The Hall–Kier alpha value is -2.58. The third-order valence-corrected chi connectivity index (χ3v) is 9.13. The first-order valence-corrected chi connectivity index (χ1v) is 12.4. The second-order valence-corrected chi connectivity index (χ2v) is 10.6. The van der Waals surface area contributed by atoms with Gasteiger partial charge in [-0.1, -0.05) is 30.3 Å². The molecule has 3 fully saturated rings. The summed E-state index contributed by atoms with van der Waals surface area (Å²) in [5, 5.41) is 14.5. The van der Waals surface area contributed by atoms with Gasteiger partial charge in [0.15, 0.2) is 0 Å². The molecule has 2 aromatic rings. The molecule has 0 aliphatic carbocycles. The number of nitrogens with zero attached hydrogens (tertiary/aromatic N) is 1. The largest absolute Gasteiger partial charge is 0.466 e. The Bertz CT molecular complexity index is 1110. The lowest BCUT2D eigenvalue weighted by molar-refractivity contribution is -0.153. The van der Waals surface area contributed by atoms with Crippen LogP contribution in [0.1, 0.15) is 26.2 Å². The van der Waals surface area contributed by atoms with E-state index in [1.54, 1.807) is 23.6 Å². The predicted octanol–water partition coefficient (Wildman–Crippen LogP) is 2.82. The van der Waals surface area contributed by atoms with Gasteiger partial charge in [0.25, 0.3) is 0 Å². The van der Waals surface area contributed by atoms with Crippen molar-refractivity contribution < 1.29 is 24.2 Å². The molecule has 7 nitrogen and oxygen atoms in total. The highest BCUT2D eigenvalue weighted by Gasteiger charge is 2.73. The number of benzene rings is 2. The highest BCUT2D eigenvalue weighted by atomic mass is 32.2. The van der Waals surface area contributed by atoms with Crippen LogP contribution in [0, 0.1) is 11.8 Å². The Morgan fingerprint density at radius 2 is 2.03 bits per heavy atom. The molecule has 3 aliphatic rings. The standard InChI is InChI=1S/C25H28N2O5S/c1-2-32-24(31)19-18-10-11-25(33-18)20(19)23(30)27(12-5-13-28)21(25)22(29)26-17-9-8-15-6-3-4-7-16(15)14-17/h3-4,6-9,14,18-21,28H,2,5,10-13H2,1H3,(H,26,29)/t18-,19+,20-,21?,25?/m0/s1. The summed E-state index contributed by atoms with van der Waals surface area (Å²) in [5.74, 6) is -1.84. The van der Waals surface area contributed by atoms with Crippen molar-refractivity contribution in [1.82, 2.24) is 4.90 Å². The molecule has 5 atom stereocenters. The van der Waals surface area contributed by atoms with Crippen molar-refractivity contribution in [2.24, 2.45) is 11.8 Å². The summed E-state index contributed by atoms with van der Waals surface area (Å²) < 4.78 is 4.67. The fourth-order valence-electron chi connectivity index (χ4n) is 5.92. The molecular weight excluding hydrogens is 440 g/mol. The van der Waals surface area contributed by atoms with Crippen molar-refractivity contribution in [2.45, 2.75) is 42.2 Å².